The first kappa shape index (κ1) is 13.8. The molecule has 2 aromatic rings. The second-order valence-electron chi connectivity index (χ2n) is 4.96. The highest BCUT2D eigenvalue weighted by atomic mass is 16.3. The highest BCUT2D eigenvalue weighted by molar-refractivity contribution is 5.97. The number of nitrogens with two attached hydrogens (primary N) is 1. The molecule has 0 spiro atoms. The Morgan fingerprint density at radius 1 is 1.32 bits per heavy atom. The summed E-state index contributed by atoms with van der Waals surface area (Å²) in [5.41, 5.74) is 6.35. The first-order chi connectivity index (χ1) is 9.24. The van der Waals surface area contributed by atoms with Crippen molar-refractivity contribution in [3.8, 4) is 0 Å². The molecule has 1 heterocycles. The van der Waals surface area contributed by atoms with Crippen LogP contribution in [0.3, 0.4) is 0 Å². The molecule has 1 aromatic carbocycles. The van der Waals surface area contributed by atoms with Gasteiger partial charge in [-0.1, -0.05) is 31.5 Å². The maximum atomic E-state index is 12.1. The number of ketones is 1. The predicted octanol–water partition coefficient (Wildman–Crippen LogP) is 3.77. The van der Waals surface area contributed by atoms with E-state index >= 15 is 0 Å². The largest absolute Gasteiger partial charge is 0.453 e. The second-order valence-corrected chi connectivity index (χ2v) is 4.96. The number of benzene rings is 1. The van der Waals surface area contributed by atoms with Gasteiger partial charge in [0.1, 0.15) is 5.58 Å². The lowest BCUT2D eigenvalue weighted by molar-refractivity contribution is 0.0948. The maximum Gasteiger partial charge on any atom is 0.198 e. The van der Waals surface area contributed by atoms with Crippen LogP contribution in [0.2, 0.25) is 0 Å². The van der Waals surface area contributed by atoms with E-state index in [2.05, 4.69) is 6.92 Å². The second kappa shape index (κ2) is 6.53. The Bertz CT molecular complexity index is 511. The normalized spacial score (nSPS) is 12.7. The van der Waals surface area contributed by atoms with E-state index in [1.54, 1.807) is 0 Å². The first-order valence-electron chi connectivity index (χ1n) is 6.96. The summed E-state index contributed by atoms with van der Waals surface area (Å²) in [6.45, 7) is 2.84. The van der Waals surface area contributed by atoms with Crippen LogP contribution in [0.5, 0.6) is 0 Å². The van der Waals surface area contributed by atoms with Crippen molar-refractivity contribution in [2.24, 2.45) is 11.7 Å². The van der Waals surface area contributed by atoms with Gasteiger partial charge in [-0.05, 0) is 37.4 Å². The fraction of sp³-hybridized carbons (Fsp3) is 0.438. The maximum absolute atomic E-state index is 12.1. The third-order valence-electron chi connectivity index (χ3n) is 3.63. The number of carbonyl (C=O) groups is 1. The monoisotopic (exact) mass is 259 g/mol. The van der Waals surface area contributed by atoms with Crippen LogP contribution >= 0.6 is 0 Å². The summed E-state index contributed by atoms with van der Waals surface area (Å²) in [6.07, 6.45) is 3.50. The van der Waals surface area contributed by atoms with Crippen molar-refractivity contribution in [1.82, 2.24) is 0 Å². The number of Topliss-reactive ketones (excluding diaryl/α,β-unsaturated/α-hetero) is 1. The molecule has 0 saturated heterocycles. The van der Waals surface area contributed by atoms with Crippen molar-refractivity contribution in [3.63, 3.8) is 0 Å². The van der Waals surface area contributed by atoms with Gasteiger partial charge in [0.25, 0.3) is 0 Å². The zero-order chi connectivity index (χ0) is 13.7. The Kier molecular flexibility index (Phi) is 4.74. The molecule has 0 fully saturated rings. The van der Waals surface area contributed by atoms with E-state index in [9.17, 15) is 4.79 Å². The number of furan rings is 1. The highest BCUT2D eigenvalue weighted by Gasteiger charge is 2.14. The van der Waals surface area contributed by atoms with Gasteiger partial charge in [-0.15, -0.1) is 0 Å². The van der Waals surface area contributed by atoms with Crippen LogP contribution in [0.15, 0.2) is 34.7 Å². The molecule has 19 heavy (non-hydrogen) atoms. The molecule has 1 atom stereocenters. The van der Waals surface area contributed by atoms with E-state index in [4.69, 9.17) is 10.2 Å². The summed E-state index contributed by atoms with van der Waals surface area (Å²) in [5.74, 6) is 1.11. The molecule has 3 nitrogen and oxygen atoms in total. The molecule has 3 heteroatoms. The molecule has 0 amide bonds. The molecule has 0 aliphatic carbocycles. The molecule has 1 unspecified atom stereocenters. The van der Waals surface area contributed by atoms with Crippen LogP contribution < -0.4 is 5.73 Å². The molecular formula is C16H21NO2. The summed E-state index contributed by atoms with van der Waals surface area (Å²) in [5, 5.41) is 0.986. The van der Waals surface area contributed by atoms with Gasteiger partial charge in [0, 0.05) is 11.8 Å². The van der Waals surface area contributed by atoms with Crippen molar-refractivity contribution in [2.45, 2.75) is 32.6 Å². The number of rotatable bonds is 7. The summed E-state index contributed by atoms with van der Waals surface area (Å²) < 4.78 is 5.58. The molecular weight excluding hydrogens is 238 g/mol. The molecule has 0 bridgehead atoms. The summed E-state index contributed by atoms with van der Waals surface area (Å²) in [6, 6.07) is 9.53. The quantitative estimate of drug-likeness (QED) is 0.770. The molecule has 1 aromatic heterocycles. The van der Waals surface area contributed by atoms with Gasteiger partial charge in [-0.25, -0.2) is 0 Å². The molecule has 0 aliphatic rings. The topological polar surface area (TPSA) is 56.2 Å². The third-order valence-corrected chi connectivity index (χ3v) is 3.63. The Labute approximate surface area is 113 Å². The first-order valence-corrected chi connectivity index (χ1v) is 6.96. The molecule has 102 valence electrons. The third kappa shape index (κ3) is 3.44. The van der Waals surface area contributed by atoms with Gasteiger partial charge in [-0.2, -0.15) is 0 Å². The standard InChI is InChI=1S/C16H21NO2/c1-2-12(9-10-17)7-8-14(18)16-11-13-5-3-4-6-15(13)19-16/h3-6,11-12H,2,7-10,17H2,1H3. The van der Waals surface area contributed by atoms with Gasteiger partial charge in [0.2, 0.25) is 0 Å². The van der Waals surface area contributed by atoms with Gasteiger partial charge in [0.15, 0.2) is 11.5 Å². The van der Waals surface area contributed by atoms with E-state index in [1.165, 1.54) is 0 Å². The van der Waals surface area contributed by atoms with Crippen molar-refractivity contribution in [2.75, 3.05) is 6.54 Å². The molecule has 0 saturated carbocycles. The van der Waals surface area contributed by atoms with Crippen LogP contribution in [0.1, 0.15) is 43.2 Å². The van der Waals surface area contributed by atoms with E-state index in [0.717, 1.165) is 30.2 Å². The Morgan fingerprint density at radius 3 is 2.79 bits per heavy atom. The Morgan fingerprint density at radius 2 is 2.11 bits per heavy atom. The van der Waals surface area contributed by atoms with Crippen LogP contribution in [0.25, 0.3) is 11.0 Å². The van der Waals surface area contributed by atoms with E-state index in [-0.39, 0.29) is 5.78 Å². The van der Waals surface area contributed by atoms with Crippen LogP contribution in [-0.2, 0) is 0 Å². The lowest BCUT2D eigenvalue weighted by atomic mass is 9.95. The number of hydrogen-bond acceptors (Lipinski definition) is 3. The van der Waals surface area contributed by atoms with Crippen molar-refractivity contribution in [1.29, 1.82) is 0 Å². The summed E-state index contributed by atoms with van der Waals surface area (Å²) in [4.78, 5) is 12.1. The van der Waals surface area contributed by atoms with E-state index in [0.29, 0.717) is 24.6 Å². The van der Waals surface area contributed by atoms with Crippen LogP contribution in [-0.4, -0.2) is 12.3 Å². The van der Waals surface area contributed by atoms with Crippen molar-refractivity contribution >= 4 is 16.8 Å². The zero-order valence-electron chi connectivity index (χ0n) is 11.4. The highest BCUT2D eigenvalue weighted by Crippen LogP contribution is 2.22. The van der Waals surface area contributed by atoms with Crippen LogP contribution in [0.4, 0.5) is 0 Å². The van der Waals surface area contributed by atoms with Crippen LogP contribution in [0, 0.1) is 5.92 Å². The Hall–Kier alpha value is -1.61. The van der Waals surface area contributed by atoms with Gasteiger partial charge in [-0.3, -0.25) is 4.79 Å². The molecule has 0 aliphatic heterocycles. The SMILES string of the molecule is CCC(CCN)CCC(=O)c1cc2ccccc2o1. The van der Waals surface area contributed by atoms with E-state index in [1.807, 2.05) is 30.3 Å². The minimum absolute atomic E-state index is 0.0895. The fourth-order valence-electron chi connectivity index (χ4n) is 2.37. The molecule has 0 radical (unpaired) electrons. The smallest absolute Gasteiger partial charge is 0.198 e. The zero-order valence-corrected chi connectivity index (χ0v) is 11.4. The fourth-order valence-corrected chi connectivity index (χ4v) is 2.37. The van der Waals surface area contributed by atoms with Gasteiger partial charge < -0.3 is 10.2 Å². The van der Waals surface area contributed by atoms with Crippen molar-refractivity contribution in [3.05, 3.63) is 36.1 Å². The Balaban J connectivity index is 1.99. The number of para-hydroxylation sites is 1. The number of hydrogen-bond donors (Lipinski definition) is 1. The van der Waals surface area contributed by atoms with Crippen molar-refractivity contribution < 1.29 is 9.21 Å². The number of fused-ring (bicyclic) bond motifs is 1. The summed E-state index contributed by atoms with van der Waals surface area (Å²) in [7, 11) is 0. The number of carbonyl (C=O) groups excluding carboxylic acids is 1. The summed E-state index contributed by atoms with van der Waals surface area (Å²) >= 11 is 0. The average molecular weight is 259 g/mol. The molecule has 2 rings (SSSR count). The lowest BCUT2D eigenvalue weighted by Gasteiger charge is -2.11. The minimum Gasteiger partial charge on any atom is -0.453 e. The van der Waals surface area contributed by atoms with Gasteiger partial charge >= 0.3 is 0 Å². The average Bonchev–Trinajstić information content (AvgIpc) is 2.87. The predicted molar refractivity (Wildman–Crippen MR) is 77.2 cm³/mol. The van der Waals surface area contributed by atoms with E-state index < -0.39 is 0 Å². The lowest BCUT2D eigenvalue weighted by Crippen LogP contribution is -2.10. The van der Waals surface area contributed by atoms with Gasteiger partial charge in [0.05, 0.1) is 0 Å². The molecule has 2 N–H and O–H groups in total. The minimum atomic E-state index is 0.0895.